The van der Waals surface area contributed by atoms with Crippen LogP contribution in [0.1, 0.15) is 35.2 Å². The number of primary amides is 1. The summed E-state index contributed by atoms with van der Waals surface area (Å²) in [7, 11) is 0. The van der Waals surface area contributed by atoms with E-state index >= 15 is 0 Å². The van der Waals surface area contributed by atoms with Crippen molar-refractivity contribution in [2.24, 2.45) is 17.6 Å². The van der Waals surface area contributed by atoms with Crippen LogP contribution in [0.4, 0.5) is 0 Å². The molecule has 2 N–H and O–H groups in total. The molecule has 1 heterocycles. The Labute approximate surface area is 129 Å². The van der Waals surface area contributed by atoms with Crippen LogP contribution in [0.2, 0.25) is 5.02 Å². The molecule has 1 aromatic rings. The number of hydrogen-bond acceptors (Lipinski definition) is 2. The highest BCUT2D eigenvalue weighted by Crippen LogP contribution is 2.42. The first kappa shape index (κ1) is 14.4. The van der Waals surface area contributed by atoms with Crippen LogP contribution in [0.25, 0.3) is 0 Å². The van der Waals surface area contributed by atoms with E-state index in [4.69, 9.17) is 17.3 Å². The highest BCUT2D eigenvalue weighted by molar-refractivity contribution is 6.31. The molecule has 5 heteroatoms. The lowest BCUT2D eigenvalue weighted by Crippen LogP contribution is -2.46. The average Bonchev–Trinajstić information content (AvgIpc) is 2.95. The van der Waals surface area contributed by atoms with Crippen molar-refractivity contribution in [3.05, 3.63) is 34.3 Å². The third-order valence-electron chi connectivity index (χ3n) is 4.73. The number of nitrogens with zero attached hydrogens (tertiary/aromatic N) is 1. The molecule has 3 rings (SSSR count). The number of nitrogens with two attached hydrogens (primary N) is 1. The summed E-state index contributed by atoms with van der Waals surface area (Å²) < 4.78 is 0. The van der Waals surface area contributed by atoms with Gasteiger partial charge in [-0.2, -0.15) is 0 Å². The fourth-order valence-electron chi connectivity index (χ4n) is 3.90. The third-order valence-corrected chi connectivity index (χ3v) is 4.95. The van der Waals surface area contributed by atoms with Gasteiger partial charge in [-0.3, -0.25) is 9.59 Å². The topological polar surface area (TPSA) is 63.4 Å². The van der Waals surface area contributed by atoms with Crippen molar-refractivity contribution in [1.29, 1.82) is 0 Å². The van der Waals surface area contributed by atoms with Crippen molar-refractivity contribution in [1.82, 2.24) is 4.90 Å². The normalized spacial score (nSPS) is 27.7. The lowest BCUT2D eigenvalue weighted by Gasteiger charge is -2.25. The molecule has 1 aliphatic heterocycles. The first-order valence-corrected chi connectivity index (χ1v) is 7.72. The molecule has 2 amide bonds. The van der Waals surface area contributed by atoms with Crippen LogP contribution in [0.3, 0.4) is 0 Å². The van der Waals surface area contributed by atoms with Gasteiger partial charge in [0.15, 0.2) is 0 Å². The second-order valence-corrected chi connectivity index (χ2v) is 6.61. The Balaban J connectivity index is 1.91. The summed E-state index contributed by atoms with van der Waals surface area (Å²) in [5.41, 5.74) is 7.03. The van der Waals surface area contributed by atoms with Gasteiger partial charge in [-0.05, 0) is 55.4 Å². The number of amides is 2. The number of rotatable bonds is 2. The zero-order valence-corrected chi connectivity index (χ0v) is 12.8. The molecule has 112 valence electrons. The Hall–Kier alpha value is -1.55. The highest BCUT2D eigenvalue weighted by atomic mass is 35.5. The van der Waals surface area contributed by atoms with Gasteiger partial charge in [0.2, 0.25) is 5.91 Å². The van der Waals surface area contributed by atoms with E-state index < -0.39 is 11.9 Å². The van der Waals surface area contributed by atoms with Crippen molar-refractivity contribution in [2.75, 3.05) is 6.54 Å². The lowest BCUT2D eigenvalue weighted by atomic mass is 9.93. The number of halogens is 1. The van der Waals surface area contributed by atoms with Crippen LogP contribution >= 0.6 is 11.6 Å². The molecule has 3 atom stereocenters. The van der Waals surface area contributed by atoms with Crippen LogP contribution in [-0.2, 0) is 4.79 Å². The first-order valence-electron chi connectivity index (χ1n) is 7.35. The summed E-state index contributed by atoms with van der Waals surface area (Å²) in [6.45, 7) is 2.52. The molecular weight excluding hydrogens is 288 g/mol. The van der Waals surface area contributed by atoms with E-state index in [-0.39, 0.29) is 11.8 Å². The molecule has 1 aromatic carbocycles. The second-order valence-electron chi connectivity index (χ2n) is 6.18. The number of hydrogen-bond donors (Lipinski definition) is 1. The van der Waals surface area contributed by atoms with E-state index in [1.165, 1.54) is 0 Å². The van der Waals surface area contributed by atoms with E-state index in [1.54, 1.807) is 17.0 Å². The maximum atomic E-state index is 12.8. The summed E-state index contributed by atoms with van der Waals surface area (Å²) >= 11 is 6.03. The van der Waals surface area contributed by atoms with E-state index in [0.29, 0.717) is 23.0 Å². The largest absolute Gasteiger partial charge is 0.368 e. The minimum Gasteiger partial charge on any atom is -0.368 e. The minimum absolute atomic E-state index is 0.140. The van der Waals surface area contributed by atoms with Gasteiger partial charge >= 0.3 is 0 Å². The molecule has 1 aliphatic carbocycles. The fourth-order valence-corrected chi connectivity index (χ4v) is 4.19. The molecule has 2 fully saturated rings. The zero-order valence-electron chi connectivity index (χ0n) is 12.0. The summed E-state index contributed by atoms with van der Waals surface area (Å²) in [4.78, 5) is 26.2. The van der Waals surface area contributed by atoms with Crippen LogP contribution < -0.4 is 5.73 Å². The maximum absolute atomic E-state index is 12.8. The van der Waals surface area contributed by atoms with E-state index in [1.807, 2.05) is 13.0 Å². The summed E-state index contributed by atoms with van der Waals surface area (Å²) in [6, 6.07) is 4.80. The Morgan fingerprint density at radius 3 is 2.71 bits per heavy atom. The third kappa shape index (κ3) is 2.53. The maximum Gasteiger partial charge on any atom is 0.254 e. The predicted octanol–water partition coefficient (Wildman–Crippen LogP) is 2.37. The van der Waals surface area contributed by atoms with Gasteiger partial charge in [0.05, 0.1) is 0 Å². The van der Waals surface area contributed by atoms with Crippen molar-refractivity contribution in [2.45, 2.75) is 32.2 Å². The Kier molecular flexibility index (Phi) is 3.66. The standard InChI is InChI=1S/C16H19ClN2O2/c1-9-5-11(7-12(17)6-9)16(21)19-8-10-3-2-4-13(10)14(19)15(18)20/h5-7,10,13-14H,2-4,8H2,1H3,(H2,18,20). The van der Waals surface area contributed by atoms with Crippen LogP contribution in [0.5, 0.6) is 0 Å². The van der Waals surface area contributed by atoms with Gasteiger partial charge in [-0.1, -0.05) is 18.0 Å². The molecule has 0 radical (unpaired) electrons. The second kappa shape index (κ2) is 5.34. The number of carbonyl (C=O) groups excluding carboxylic acids is 2. The van der Waals surface area contributed by atoms with E-state index in [2.05, 4.69) is 0 Å². The van der Waals surface area contributed by atoms with Crippen LogP contribution in [0.15, 0.2) is 18.2 Å². The summed E-state index contributed by atoms with van der Waals surface area (Å²) in [6.07, 6.45) is 3.18. The smallest absolute Gasteiger partial charge is 0.254 e. The summed E-state index contributed by atoms with van der Waals surface area (Å²) in [5.74, 6) is 0.105. The molecule has 0 spiro atoms. The van der Waals surface area contributed by atoms with Crippen molar-refractivity contribution in [3.63, 3.8) is 0 Å². The van der Waals surface area contributed by atoms with E-state index in [9.17, 15) is 9.59 Å². The molecular formula is C16H19ClN2O2. The SMILES string of the molecule is Cc1cc(Cl)cc(C(=O)N2CC3CCCC3C2C(N)=O)c1. The molecule has 0 aromatic heterocycles. The summed E-state index contributed by atoms with van der Waals surface area (Å²) in [5, 5.41) is 0.536. The average molecular weight is 307 g/mol. The number of aryl methyl sites for hydroxylation is 1. The van der Waals surface area contributed by atoms with Crippen molar-refractivity contribution >= 4 is 23.4 Å². The lowest BCUT2D eigenvalue weighted by molar-refractivity contribution is -0.122. The minimum atomic E-state index is -0.468. The van der Waals surface area contributed by atoms with Crippen molar-refractivity contribution in [3.8, 4) is 0 Å². The Morgan fingerprint density at radius 1 is 1.29 bits per heavy atom. The van der Waals surface area contributed by atoms with Crippen LogP contribution in [-0.4, -0.2) is 29.3 Å². The fraction of sp³-hybridized carbons (Fsp3) is 0.500. The Bertz CT molecular complexity index is 582. The first-order chi connectivity index (χ1) is 9.97. The van der Waals surface area contributed by atoms with Crippen molar-refractivity contribution < 1.29 is 9.59 Å². The van der Waals surface area contributed by atoms with Gasteiger partial charge in [-0.25, -0.2) is 0 Å². The molecule has 1 saturated heterocycles. The highest BCUT2D eigenvalue weighted by Gasteiger charge is 2.48. The van der Waals surface area contributed by atoms with Gasteiger partial charge in [0, 0.05) is 17.1 Å². The molecule has 21 heavy (non-hydrogen) atoms. The molecule has 3 unspecified atom stereocenters. The molecule has 2 aliphatic rings. The molecule has 1 saturated carbocycles. The predicted molar refractivity (Wildman–Crippen MR) is 81.0 cm³/mol. The molecule has 4 nitrogen and oxygen atoms in total. The van der Waals surface area contributed by atoms with Crippen LogP contribution in [0, 0.1) is 18.8 Å². The number of likely N-dealkylation sites (tertiary alicyclic amines) is 1. The number of fused-ring (bicyclic) bond motifs is 1. The number of benzene rings is 1. The Morgan fingerprint density at radius 2 is 2.05 bits per heavy atom. The monoisotopic (exact) mass is 306 g/mol. The van der Waals surface area contributed by atoms with E-state index in [0.717, 1.165) is 24.8 Å². The van der Waals surface area contributed by atoms with Gasteiger partial charge in [0.1, 0.15) is 6.04 Å². The van der Waals surface area contributed by atoms with Gasteiger partial charge in [-0.15, -0.1) is 0 Å². The quantitative estimate of drug-likeness (QED) is 0.911. The van der Waals surface area contributed by atoms with Gasteiger partial charge < -0.3 is 10.6 Å². The number of carbonyl (C=O) groups is 2. The zero-order chi connectivity index (χ0) is 15.1. The molecule has 0 bridgehead atoms. The van der Waals surface area contributed by atoms with Gasteiger partial charge in [0.25, 0.3) is 5.91 Å².